The standard InChI is InChI=1S/C19H19N3OS/c1-13-4-2-6-16(10-13)21-18(23)8-9-24-19-15(12-20)11-14-5-3-7-17(14)22-19/h2,4,6,10-11H,3,5,7-9H2,1H3,(H,21,23). The van der Waals surface area contributed by atoms with Gasteiger partial charge in [-0.25, -0.2) is 4.98 Å². The number of fused-ring (bicyclic) bond motifs is 1. The fourth-order valence-corrected chi connectivity index (χ4v) is 3.75. The van der Waals surface area contributed by atoms with E-state index < -0.39 is 0 Å². The average molecular weight is 337 g/mol. The van der Waals surface area contributed by atoms with Crippen molar-refractivity contribution in [2.75, 3.05) is 11.1 Å². The number of anilines is 1. The van der Waals surface area contributed by atoms with E-state index in [-0.39, 0.29) is 5.91 Å². The molecule has 1 amide bonds. The molecule has 122 valence electrons. The van der Waals surface area contributed by atoms with E-state index >= 15 is 0 Å². The Morgan fingerprint density at radius 3 is 3.04 bits per heavy atom. The van der Waals surface area contributed by atoms with Crippen molar-refractivity contribution in [3.8, 4) is 6.07 Å². The first kappa shape index (κ1) is 16.5. The summed E-state index contributed by atoms with van der Waals surface area (Å²) < 4.78 is 0. The van der Waals surface area contributed by atoms with Crippen LogP contribution in [0.5, 0.6) is 0 Å². The predicted octanol–water partition coefficient (Wildman–Crippen LogP) is 3.87. The van der Waals surface area contributed by atoms with E-state index in [1.54, 1.807) is 0 Å². The predicted molar refractivity (Wildman–Crippen MR) is 96.1 cm³/mol. The highest BCUT2D eigenvalue weighted by Crippen LogP contribution is 2.28. The van der Waals surface area contributed by atoms with Gasteiger partial charge in [0, 0.05) is 23.6 Å². The smallest absolute Gasteiger partial charge is 0.225 e. The Labute approximate surface area is 146 Å². The van der Waals surface area contributed by atoms with Crippen LogP contribution in [0, 0.1) is 18.3 Å². The number of aryl methyl sites for hydroxylation is 3. The number of amides is 1. The first-order valence-electron chi connectivity index (χ1n) is 8.08. The molecule has 0 saturated carbocycles. The fraction of sp³-hybridized carbons (Fsp3) is 0.316. The Kier molecular flexibility index (Phi) is 5.17. The molecular formula is C19H19N3OS. The lowest BCUT2D eigenvalue weighted by molar-refractivity contribution is -0.115. The summed E-state index contributed by atoms with van der Waals surface area (Å²) in [5.74, 6) is 0.589. The number of nitrogens with one attached hydrogen (secondary N) is 1. The third kappa shape index (κ3) is 3.95. The van der Waals surface area contributed by atoms with Crippen LogP contribution in [0.15, 0.2) is 35.4 Å². The summed E-state index contributed by atoms with van der Waals surface area (Å²) >= 11 is 1.49. The van der Waals surface area contributed by atoms with Gasteiger partial charge in [0.25, 0.3) is 0 Å². The van der Waals surface area contributed by atoms with Crippen molar-refractivity contribution in [3.05, 3.63) is 52.7 Å². The molecule has 0 unspecified atom stereocenters. The van der Waals surface area contributed by atoms with Gasteiger partial charge in [0.2, 0.25) is 5.91 Å². The van der Waals surface area contributed by atoms with E-state index in [9.17, 15) is 10.1 Å². The summed E-state index contributed by atoms with van der Waals surface area (Å²) in [5.41, 5.74) is 4.87. The first-order valence-corrected chi connectivity index (χ1v) is 9.06. The molecule has 1 aliphatic rings. The molecule has 0 saturated heterocycles. The summed E-state index contributed by atoms with van der Waals surface area (Å²) in [6.07, 6.45) is 3.51. The molecule has 3 rings (SSSR count). The summed E-state index contributed by atoms with van der Waals surface area (Å²) in [6.45, 7) is 1.99. The number of aromatic nitrogens is 1. The van der Waals surface area contributed by atoms with Crippen LogP contribution in [0.3, 0.4) is 0 Å². The largest absolute Gasteiger partial charge is 0.326 e. The molecule has 2 aromatic rings. The van der Waals surface area contributed by atoms with E-state index in [2.05, 4.69) is 16.4 Å². The number of nitriles is 1. The second-order valence-electron chi connectivity index (χ2n) is 5.93. The number of pyridine rings is 1. The Morgan fingerprint density at radius 1 is 1.38 bits per heavy atom. The quantitative estimate of drug-likeness (QED) is 0.841. The summed E-state index contributed by atoms with van der Waals surface area (Å²) in [5, 5.41) is 12.9. The van der Waals surface area contributed by atoms with Gasteiger partial charge in [-0.05, 0) is 55.5 Å². The Balaban J connectivity index is 1.57. The molecule has 1 aromatic carbocycles. The number of rotatable bonds is 5. The second kappa shape index (κ2) is 7.50. The maximum Gasteiger partial charge on any atom is 0.225 e. The van der Waals surface area contributed by atoms with E-state index in [0.717, 1.165) is 41.2 Å². The highest BCUT2D eigenvalue weighted by molar-refractivity contribution is 7.99. The molecule has 1 aliphatic carbocycles. The van der Waals surface area contributed by atoms with Crippen molar-refractivity contribution in [3.63, 3.8) is 0 Å². The summed E-state index contributed by atoms with van der Waals surface area (Å²) in [4.78, 5) is 16.7. The molecule has 4 nitrogen and oxygen atoms in total. The van der Waals surface area contributed by atoms with E-state index in [1.807, 2.05) is 37.3 Å². The molecular weight excluding hydrogens is 318 g/mol. The lowest BCUT2D eigenvalue weighted by Crippen LogP contribution is -2.12. The molecule has 24 heavy (non-hydrogen) atoms. The minimum atomic E-state index is -0.0206. The Hall–Kier alpha value is -2.32. The maximum atomic E-state index is 12.0. The highest BCUT2D eigenvalue weighted by atomic mass is 32.2. The minimum absolute atomic E-state index is 0.0206. The third-order valence-electron chi connectivity index (χ3n) is 4.01. The zero-order chi connectivity index (χ0) is 16.9. The number of thioether (sulfide) groups is 1. The van der Waals surface area contributed by atoms with E-state index in [1.165, 1.54) is 17.3 Å². The molecule has 0 spiro atoms. The van der Waals surface area contributed by atoms with Crippen molar-refractivity contribution in [1.82, 2.24) is 4.98 Å². The molecule has 0 bridgehead atoms. The van der Waals surface area contributed by atoms with Crippen LogP contribution < -0.4 is 5.32 Å². The van der Waals surface area contributed by atoms with Crippen LogP contribution in [-0.2, 0) is 17.6 Å². The van der Waals surface area contributed by atoms with Crippen molar-refractivity contribution < 1.29 is 4.79 Å². The number of carbonyl (C=O) groups is 1. The highest BCUT2D eigenvalue weighted by Gasteiger charge is 2.16. The maximum absolute atomic E-state index is 12.0. The average Bonchev–Trinajstić information content (AvgIpc) is 3.01. The van der Waals surface area contributed by atoms with E-state index in [4.69, 9.17) is 0 Å². The first-order chi connectivity index (χ1) is 11.7. The van der Waals surface area contributed by atoms with Gasteiger partial charge >= 0.3 is 0 Å². The van der Waals surface area contributed by atoms with Crippen LogP contribution in [0.2, 0.25) is 0 Å². The van der Waals surface area contributed by atoms with Gasteiger partial charge in [0.15, 0.2) is 0 Å². The normalized spacial score (nSPS) is 12.5. The zero-order valence-corrected chi connectivity index (χ0v) is 14.4. The van der Waals surface area contributed by atoms with Crippen LogP contribution >= 0.6 is 11.8 Å². The van der Waals surface area contributed by atoms with Crippen LogP contribution in [0.4, 0.5) is 5.69 Å². The van der Waals surface area contributed by atoms with Gasteiger partial charge in [-0.15, -0.1) is 11.8 Å². The van der Waals surface area contributed by atoms with Gasteiger partial charge < -0.3 is 5.32 Å². The lowest BCUT2D eigenvalue weighted by Gasteiger charge is -2.08. The fourth-order valence-electron chi connectivity index (χ4n) is 2.83. The molecule has 1 heterocycles. The van der Waals surface area contributed by atoms with Crippen molar-refractivity contribution >= 4 is 23.4 Å². The number of hydrogen-bond donors (Lipinski definition) is 1. The lowest BCUT2D eigenvalue weighted by atomic mass is 10.2. The number of carbonyl (C=O) groups excluding carboxylic acids is 1. The van der Waals surface area contributed by atoms with Gasteiger partial charge in [-0.2, -0.15) is 5.26 Å². The van der Waals surface area contributed by atoms with Crippen LogP contribution in [0.1, 0.15) is 35.2 Å². The minimum Gasteiger partial charge on any atom is -0.326 e. The number of benzene rings is 1. The van der Waals surface area contributed by atoms with Gasteiger partial charge in [0.1, 0.15) is 11.1 Å². The van der Waals surface area contributed by atoms with Crippen molar-refractivity contribution in [1.29, 1.82) is 5.26 Å². The number of nitrogens with zero attached hydrogens (tertiary/aromatic N) is 2. The van der Waals surface area contributed by atoms with Gasteiger partial charge in [-0.3, -0.25) is 4.79 Å². The molecule has 1 aromatic heterocycles. The van der Waals surface area contributed by atoms with Gasteiger partial charge in [-0.1, -0.05) is 12.1 Å². The monoisotopic (exact) mass is 337 g/mol. The molecule has 1 N–H and O–H groups in total. The Morgan fingerprint density at radius 2 is 2.25 bits per heavy atom. The van der Waals surface area contributed by atoms with E-state index in [0.29, 0.717) is 17.7 Å². The summed E-state index contributed by atoms with van der Waals surface area (Å²) in [6, 6.07) is 11.9. The van der Waals surface area contributed by atoms with Crippen LogP contribution in [0.25, 0.3) is 0 Å². The van der Waals surface area contributed by atoms with Crippen molar-refractivity contribution in [2.24, 2.45) is 0 Å². The number of hydrogen-bond acceptors (Lipinski definition) is 4. The third-order valence-corrected chi connectivity index (χ3v) is 5.00. The molecule has 5 heteroatoms. The second-order valence-corrected chi connectivity index (χ2v) is 7.01. The zero-order valence-electron chi connectivity index (χ0n) is 13.6. The molecule has 0 radical (unpaired) electrons. The molecule has 0 aliphatic heterocycles. The topological polar surface area (TPSA) is 65.8 Å². The Bertz CT molecular complexity index is 811. The molecule has 0 atom stereocenters. The van der Waals surface area contributed by atoms with Crippen LogP contribution in [-0.4, -0.2) is 16.6 Å². The van der Waals surface area contributed by atoms with Crippen molar-refractivity contribution in [2.45, 2.75) is 37.6 Å². The molecule has 0 fully saturated rings. The van der Waals surface area contributed by atoms with Gasteiger partial charge in [0.05, 0.1) is 5.56 Å². The SMILES string of the molecule is Cc1cccc(NC(=O)CCSc2nc3c(cc2C#N)CCC3)c1. The summed E-state index contributed by atoms with van der Waals surface area (Å²) in [7, 11) is 0.